The van der Waals surface area contributed by atoms with Crippen molar-refractivity contribution in [3.63, 3.8) is 0 Å². The molecule has 5 heteroatoms. The van der Waals surface area contributed by atoms with E-state index in [0.717, 1.165) is 31.7 Å². The van der Waals surface area contributed by atoms with Crippen molar-refractivity contribution in [2.24, 2.45) is 0 Å². The molecule has 2 N–H and O–H groups in total. The zero-order chi connectivity index (χ0) is 13.1. The van der Waals surface area contributed by atoms with Crippen LogP contribution in [-0.4, -0.2) is 26.3 Å². The minimum absolute atomic E-state index is 0.243. The van der Waals surface area contributed by atoms with E-state index in [1.807, 2.05) is 11.9 Å². The predicted octanol–water partition coefficient (Wildman–Crippen LogP) is 3.18. The van der Waals surface area contributed by atoms with Gasteiger partial charge in [-0.05, 0) is 41.3 Å². The summed E-state index contributed by atoms with van der Waals surface area (Å²) in [7, 11) is 1.95. The fourth-order valence-electron chi connectivity index (χ4n) is 2.24. The van der Waals surface area contributed by atoms with Crippen molar-refractivity contribution in [3.05, 3.63) is 22.4 Å². The minimum Gasteiger partial charge on any atom is -0.397 e. The third-order valence-corrected chi connectivity index (χ3v) is 3.84. The molecule has 0 aliphatic carbocycles. The van der Waals surface area contributed by atoms with Crippen LogP contribution in [0.25, 0.3) is 0 Å². The molecule has 1 heterocycles. The summed E-state index contributed by atoms with van der Waals surface area (Å²) >= 11 is 3.19. The normalized spacial score (nSPS) is 19.8. The molecule has 1 aliphatic heterocycles. The number of hydrogen-bond acceptors (Lipinski definition) is 3. The van der Waals surface area contributed by atoms with E-state index in [9.17, 15) is 4.39 Å². The molecule has 100 valence electrons. The molecule has 1 aromatic carbocycles. The Hall–Kier alpha value is -0.810. The maximum Gasteiger partial charge on any atom is 0.139 e. The fourth-order valence-corrected chi connectivity index (χ4v) is 2.57. The number of likely N-dealkylation sites (N-methyl/N-ethyl adjacent to an activating group) is 1. The molecule has 1 aromatic rings. The molecule has 0 amide bonds. The van der Waals surface area contributed by atoms with Gasteiger partial charge in [0.15, 0.2) is 0 Å². The first-order valence-electron chi connectivity index (χ1n) is 6.15. The standard InChI is InChI=1S/C13H18BrFN2O/c1-17(8-9-4-2-3-5-18-9)13-6-10(14)11(15)7-12(13)16/h6-7,9H,2-5,8,16H2,1H3. The lowest BCUT2D eigenvalue weighted by atomic mass is 10.1. The van der Waals surface area contributed by atoms with E-state index < -0.39 is 0 Å². The lowest BCUT2D eigenvalue weighted by Gasteiger charge is -2.29. The lowest BCUT2D eigenvalue weighted by Crippen LogP contribution is -2.33. The molecule has 1 saturated heterocycles. The Labute approximate surface area is 115 Å². The number of nitrogens with two attached hydrogens (primary N) is 1. The summed E-state index contributed by atoms with van der Waals surface area (Å²) in [5.41, 5.74) is 7.14. The minimum atomic E-state index is -0.335. The molecule has 18 heavy (non-hydrogen) atoms. The number of halogens is 2. The Morgan fingerprint density at radius 3 is 2.94 bits per heavy atom. The third-order valence-electron chi connectivity index (χ3n) is 3.23. The molecule has 1 atom stereocenters. The number of nitrogen functional groups attached to an aromatic ring is 1. The van der Waals surface area contributed by atoms with E-state index in [-0.39, 0.29) is 11.9 Å². The van der Waals surface area contributed by atoms with Crippen LogP contribution in [0.15, 0.2) is 16.6 Å². The van der Waals surface area contributed by atoms with E-state index in [1.165, 1.54) is 12.5 Å². The van der Waals surface area contributed by atoms with E-state index >= 15 is 0 Å². The second kappa shape index (κ2) is 5.89. The van der Waals surface area contributed by atoms with Gasteiger partial charge in [0.05, 0.1) is 22.0 Å². The number of hydrogen-bond donors (Lipinski definition) is 1. The van der Waals surface area contributed by atoms with Crippen LogP contribution in [0.5, 0.6) is 0 Å². The first-order chi connectivity index (χ1) is 8.58. The smallest absolute Gasteiger partial charge is 0.139 e. The quantitative estimate of drug-likeness (QED) is 0.870. The highest BCUT2D eigenvalue weighted by Gasteiger charge is 2.18. The summed E-state index contributed by atoms with van der Waals surface area (Å²) in [6.45, 7) is 1.61. The molecule has 0 bridgehead atoms. The van der Waals surface area contributed by atoms with Gasteiger partial charge in [-0.3, -0.25) is 0 Å². The summed E-state index contributed by atoms with van der Waals surface area (Å²) in [4.78, 5) is 2.02. The molecule has 2 rings (SSSR count). The first kappa shape index (κ1) is 13.6. The molecular weight excluding hydrogens is 299 g/mol. The van der Waals surface area contributed by atoms with Crippen LogP contribution < -0.4 is 10.6 Å². The summed E-state index contributed by atoms with van der Waals surface area (Å²) in [6, 6.07) is 3.06. The number of anilines is 2. The van der Waals surface area contributed by atoms with Crippen LogP contribution in [0.3, 0.4) is 0 Å². The van der Waals surface area contributed by atoms with Crippen LogP contribution >= 0.6 is 15.9 Å². The van der Waals surface area contributed by atoms with E-state index in [1.54, 1.807) is 6.07 Å². The third kappa shape index (κ3) is 3.14. The summed E-state index contributed by atoms with van der Waals surface area (Å²) < 4.78 is 19.4. The molecule has 0 radical (unpaired) electrons. The van der Waals surface area contributed by atoms with Gasteiger partial charge in [-0.2, -0.15) is 0 Å². The van der Waals surface area contributed by atoms with Crippen molar-refractivity contribution in [2.45, 2.75) is 25.4 Å². The lowest BCUT2D eigenvalue weighted by molar-refractivity contribution is 0.0216. The largest absolute Gasteiger partial charge is 0.397 e. The van der Waals surface area contributed by atoms with Crippen molar-refractivity contribution >= 4 is 27.3 Å². The average molecular weight is 317 g/mol. The highest BCUT2D eigenvalue weighted by molar-refractivity contribution is 9.10. The molecule has 1 fully saturated rings. The number of rotatable bonds is 3. The van der Waals surface area contributed by atoms with Crippen molar-refractivity contribution in [2.75, 3.05) is 30.8 Å². The highest BCUT2D eigenvalue weighted by Crippen LogP contribution is 2.29. The van der Waals surface area contributed by atoms with Gasteiger partial charge in [-0.25, -0.2) is 4.39 Å². The molecule has 3 nitrogen and oxygen atoms in total. The van der Waals surface area contributed by atoms with Crippen molar-refractivity contribution in [1.82, 2.24) is 0 Å². The Kier molecular flexibility index (Phi) is 4.45. The molecular formula is C13H18BrFN2O. The maximum absolute atomic E-state index is 13.3. The summed E-state index contributed by atoms with van der Waals surface area (Å²) in [6.07, 6.45) is 3.67. The first-order valence-corrected chi connectivity index (χ1v) is 6.94. The molecule has 0 spiro atoms. The maximum atomic E-state index is 13.3. The topological polar surface area (TPSA) is 38.5 Å². The molecule has 1 aliphatic rings. The fraction of sp³-hybridized carbons (Fsp3) is 0.538. The SMILES string of the molecule is CN(CC1CCCCO1)c1cc(Br)c(F)cc1N. The van der Waals surface area contributed by atoms with E-state index in [2.05, 4.69) is 15.9 Å². The zero-order valence-corrected chi connectivity index (χ0v) is 12.0. The van der Waals surface area contributed by atoms with Gasteiger partial charge in [0.1, 0.15) is 5.82 Å². The Balaban J connectivity index is 2.08. The van der Waals surface area contributed by atoms with Crippen LogP contribution in [0, 0.1) is 5.82 Å². The number of ether oxygens (including phenoxy) is 1. The summed E-state index contributed by atoms with van der Waals surface area (Å²) in [5, 5.41) is 0. The van der Waals surface area contributed by atoms with Crippen molar-refractivity contribution in [3.8, 4) is 0 Å². The summed E-state index contributed by atoms with van der Waals surface area (Å²) in [5.74, 6) is -0.335. The zero-order valence-electron chi connectivity index (χ0n) is 10.5. The monoisotopic (exact) mass is 316 g/mol. The van der Waals surface area contributed by atoms with Gasteiger partial charge < -0.3 is 15.4 Å². The van der Waals surface area contributed by atoms with Crippen LogP contribution in [-0.2, 0) is 4.74 Å². The Morgan fingerprint density at radius 1 is 1.50 bits per heavy atom. The van der Waals surface area contributed by atoms with Crippen molar-refractivity contribution < 1.29 is 9.13 Å². The van der Waals surface area contributed by atoms with Crippen LogP contribution in [0.1, 0.15) is 19.3 Å². The number of benzene rings is 1. The van der Waals surface area contributed by atoms with Gasteiger partial charge in [-0.15, -0.1) is 0 Å². The molecule has 1 unspecified atom stereocenters. The van der Waals surface area contributed by atoms with Gasteiger partial charge in [0.2, 0.25) is 0 Å². The van der Waals surface area contributed by atoms with E-state index in [0.29, 0.717) is 10.2 Å². The second-order valence-electron chi connectivity index (χ2n) is 4.69. The van der Waals surface area contributed by atoms with E-state index in [4.69, 9.17) is 10.5 Å². The van der Waals surface area contributed by atoms with Gasteiger partial charge in [-0.1, -0.05) is 0 Å². The van der Waals surface area contributed by atoms with Crippen LogP contribution in [0.4, 0.5) is 15.8 Å². The Bertz CT molecular complexity index is 422. The second-order valence-corrected chi connectivity index (χ2v) is 5.55. The van der Waals surface area contributed by atoms with Crippen molar-refractivity contribution in [1.29, 1.82) is 0 Å². The Morgan fingerprint density at radius 2 is 2.28 bits per heavy atom. The van der Waals surface area contributed by atoms with Crippen LogP contribution in [0.2, 0.25) is 0 Å². The molecule has 0 aromatic heterocycles. The predicted molar refractivity (Wildman–Crippen MR) is 75.4 cm³/mol. The van der Waals surface area contributed by atoms with Gasteiger partial charge in [0, 0.05) is 26.3 Å². The van der Waals surface area contributed by atoms with Gasteiger partial charge >= 0.3 is 0 Å². The number of nitrogens with zero attached hydrogens (tertiary/aromatic N) is 1. The highest BCUT2D eigenvalue weighted by atomic mass is 79.9. The molecule has 0 saturated carbocycles. The van der Waals surface area contributed by atoms with Gasteiger partial charge in [0.25, 0.3) is 0 Å². The average Bonchev–Trinajstić information content (AvgIpc) is 2.35.